The molecule has 0 spiro atoms. The first-order valence-corrected chi connectivity index (χ1v) is 3.43. The fourth-order valence-electron chi connectivity index (χ4n) is 1.37. The van der Waals surface area contributed by atoms with E-state index in [1.807, 2.05) is 6.20 Å². The van der Waals surface area contributed by atoms with Crippen molar-refractivity contribution in [1.82, 2.24) is 4.90 Å². The van der Waals surface area contributed by atoms with Crippen molar-refractivity contribution in [2.45, 2.75) is 12.8 Å². The van der Waals surface area contributed by atoms with Crippen molar-refractivity contribution in [1.29, 1.82) is 0 Å². The fourth-order valence-corrected chi connectivity index (χ4v) is 1.37. The maximum absolute atomic E-state index is 4.25. The Balaban J connectivity index is 2.23. The van der Waals surface area contributed by atoms with Gasteiger partial charge in [-0.2, -0.15) is 0 Å². The molecule has 0 atom stereocenters. The van der Waals surface area contributed by atoms with Gasteiger partial charge in [0, 0.05) is 25.7 Å². The largest absolute Gasteiger partial charge is 0.356 e. The summed E-state index contributed by atoms with van der Waals surface area (Å²) in [6.45, 7) is 2.29. The van der Waals surface area contributed by atoms with Gasteiger partial charge < -0.3 is 4.90 Å². The molecule has 2 heterocycles. The van der Waals surface area contributed by atoms with E-state index in [0.717, 1.165) is 6.54 Å². The zero-order chi connectivity index (χ0) is 6.10. The summed E-state index contributed by atoms with van der Waals surface area (Å²) in [5.74, 6) is 1.29. The first kappa shape index (κ1) is 5.03. The summed E-state index contributed by atoms with van der Waals surface area (Å²) >= 11 is 0. The normalized spacial score (nSPS) is 24.0. The van der Waals surface area contributed by atoms with Crippen LogP contribution in [0.5, 0.6) is 0 Å². The van der Waals surface area contributed by atoms with Crippen molar-refractivity contribution in [3.05, 3.63) is 12.3 Å². The van der Waals surface area contributed by atoms with E-state index in [1.165, 1.54) is 25.2 Å². The van der Waals surface area contributed by atoms with Crippen LogP contribution in [0.3, 0.4) is 0 Å². The van der Waals surface area contributed by atoms with Crippen molar-refractivity contribution in [3.63, 3.8) is 0 Å². The Bertz CT molecular complexity index is 170. The second-order valence-electron chi connectivity index (χ2n) is 2.48. The van der Waals surface area contributed by atoms with E-state index in [9.17, 15) is 0 Å². The van der Waals surface area contributed by atoms with Crippen molar-refractivity contribution in [3.8, 4) is 0 Å². The van der Waals surface area contributed by atoms with E-state index in [-0.39, 0.29) is 0 Å². The Morgan fingerprint density at radius 1 is 1.56 bits per heavy atom. The summed E-state index contributed by atoms with van der Waals surface area (Å²) in [6, 6.07) is 0. The number of rotatable bonds is 0. The molecular formula is C7H10N2. The molecule has 48 valence electrons. The second-order valence-corrected chi connectivity index (χ2v) is 2.48. The van der Waals surface area contributed by atoms with E-state index in [4.69, 9.17) is 0 Å². The molecule has 0 bridgehead atoms. The van der Waals surface area contributed by atoms with Gasteiger partial charge in [-0.15, -0.1) is 0 Å². The Labute approximate surface area is 54.9 Å². The Morgan fingerprint density at radius 3 is 3.44 bits per heavy atom. The van der Waals surface area contributed by atoms with Crippen LogP contribution >= 0.6 is 0 Å². The molecule has 0 amide bonds. The first-order chi connectivity index (χ1) is 4.47. The quantitative estimate of drug-likeness (QED) is 0.468. The molecule has 0 aromatic rings. The Morgan fingerprint density at radius 2 is 2.56 bits per heavy atom. The number of aliphatic imine (C=N–C) groups is 1. The van der Waals surface area contributed by atoms with Crippen LogP contribution in [0.25, 0.3) is 0 Å². The maximum atomic E-state index is 4.25. The number of hydrogen-bond donors (Lipinski definition) is 0. The third-order valence-corrected chi connectivity index (χ3v) is 1.85. The molecule has 0 aromatic carbocycles. The predicted molar refractivity (Wildman–Crippen MR) is 37.4 cm³/mol. The van der Waals surface area contributed by atoms with Gasteiger partial charge in [0.2, 0.25) is 0 Å². The molecule has 0 aromatic heterocycles. The van der Waals surface area contributed by atoms with Gasteiger partial charge in [-0.3, -0.25) is 0 Å². The smallest absolute Gasteiger partial charge is 0.104 e. The van der Waals surface area contributed by atoms with Gasteiger partial charge in [0.1, 0.15) is 5.84 Å². The molecule has 1 fully saturated rings. The van der Waals surface area contributed by atoms with Crippen molar-refractivity contribution in [2.75, 3.05) is 13.1 Å². The van der Waals surface area contributed by atoms with Crippen LogP contribution in [0.1, 0.15) is 12.8 Å². The minimum atomic E-state index is 1.08. The van der Waals surface area contributed by atoms with E-state index in [2.05, 4.69) is 16.0 Å². The highest BCUT2D eigenvalue weighted by Gasteiger charge is 2.17. The van der Waals surface area contributed by atoms with E-state index >= 15 is 0 Å². The number of fused-ring (bicyclic) bond motifs is 1. The summed E-state index contributed by atoms with van der Waals surface area (Å²) in [5.41, 5.74) is 0. The summed E-state index contributed by atoms with van der Waals surface area (Å²) in [7, 11) is 0. The lowest BCUT2D eigenvalue weighted by molar-refractivity contribution is 0.497. The van der Waals surface area contributed by atoms with Gasteiger partial charge in [0.15, 0.2) is 0 Å². The lowest BCUT2D eigenvalue weighted by Crippen LogP contribution is -2.26. The van der Waals surface area contributed by atoms with Crippen LogP contribution in [0.4, 0.5) is 0 Å². The summed E-state index contributed by atoms with van der Waals surface area (Å²) < 4.78 is 0. The zero-order valence-corrected chi connectivity index (χ0v) is 5.38. The molecule has 2 nitrogen and oxygen atoms in total. The number of nitrogens with zero attached hydrogens (tertiary/aromatic N) is 2. The van der Waals surface area contributed by atoms with Crippen LogP contribution in [-0.2, 0) is 0 Å². The summed E-state index contributed by atoms with van der Waals surface area (Å²) in [5, 5.41) is 0. The molecular weight excluding hydrogens is 112 g/mol. The molecule has 0 radical (unpaired) electrons. The van der Waals surface area contributed by atoms with E-state index in [1.54, 1.807) is 0 Å². The minimum absolute atomic E-state index is 1.08. The number of amidine groups is 1. The van der Waals surface area contributed by atoms with Gasteiger partial charge in [-0.05, 0) is 12.5 Å². The van der Waals surface area contributed by atoms with Crippen LogP contribution in [0, 0.1) is 0 Å². The lowest BCUT2D eigenvalue weighted by atomic mass is 10.4. The topological polar surface area (TPSA) is 15.6 Å². The van der Waals surface area contributed by atoms with Crippen LogP contribution in [-0.4, -0.2) is 23.8 Å². The summed E-state index contributed by atoms with van der Waals surface area (Å²) in [4.78, 5) is 6.59. The van der Waals surface area contributed by atoms with Crippen LogP contribution in [0.2, 0.25) is 0 Å². The molecule has 2 aliphatic rings. The molecule has 0 saturated carbocycles. The SMILES string of the molecule is C1=CN=C2CCCN2C1. The van der Waals surface area contributed by atoms with Gasteiger partial charge in [0.05, 0.1) is 0 Å². The molecule has 0 N–H and O–H groups in total. The van der Waals surface area contributed by atoms with Crippen molar-refractivity contribution in [2.24, 2.45) is 4.99 Å². The molecule has 2 rings (SSSR count). The van der Waals surface area contributed by atoms with Crippen LogP contribution < -0.4 is 0 Å². The van der Waals surface area contributed by atoms with Crippen molar-refractivity contribution >= 4 is 5.84 Å². The van der Waals surface area contributed by atoms with Gasteiger partial charge in [0.25, 0.3) is 0 Å². The molecule has 0 aliphatic carbocycles. The average Bonchev–Trinajstić information content (AvgIpc) is 2.33. The number of hydrogen-bond acceptors (Lipinski definition) is 2. The second kappa shape index (κ2) is 1.87. The predicted octanol–water partition coefficient (Wildman–Crippen LogP) is 1.01. The zero-order valence-electron chi connectivity index (χ0n) is 5.38. The monoisotopic (exact) mass is 122 g/mol. The molecule has 0 unspecified atom stereocenters. The average molecular weight is 122 g/mol. The van der Waals surface area contributed by atoms with Gasteiger partial charge in [-0.1, -0.05) is 0 Å². The third-order valence-electron chi connectivity index (χ3n) is 1.85. The van der Waals surface area contributed by atoms with Crippen molar-refractivity contribution < 1.29 is 0 Å². The fraction of sp³-hybridized carbons (Fsp3) is 0.571. The minimum Gasteiger partial charge on any atom is -0.356 e. The highest BCUT2D eigenvalue weighted by atomic mass is 15.2. The molecule has 2 heteroatoms. The van der Waals surface area contributed by atoms with E-state index < -0.39 is 0 Å². The summed E-state index contributed by atoms with van der Waals surface area (Å²) in [6.07, 6.45) is 6.50. The molecule has 1 saturated heterocycles. The Kier molecular flexibility index (Phi) is 1.04. The van der Waals surface area contributed by atoms with Crippen LogP contribution in [0.15, 0.2) is 17.3 Å². The highest BCUT2D eigenvalue weighted by Crippen LogP contribution is 2.13. The standard InChI is InChI=1S/C7H10N2/c1-3-7-8-4-2-6-9(7)5-1/h2,4H,1,3,5-6H2. The molecule has 9 heavy (non-hydrogen) atoms. The Hall–Kier alpha value is -0.790. The lowest BCUT2D eigenvalue weighted by Gasteiger charge is -2.18. The first-order valence-electron chi connectivity index (χ1n) is 3.43. The van der Waals surface area contributed by atoms with Gasteiger partial charge in [-0.25, -0.2) is 4.99 Å². The third kappa shape index (κ3) is 0.745. The highest BCUT2D eigenvalue weighted by molar-refractivity contribution is 5.85. The van der Waals surface area contributed by atoms with Gasteiger partial charge >= 0.3 is 0 Å². The van der Waals surface area contributed by atoms with E-state index in [0.29, 0.717) is 0 Å². The maximum Gasteiger partial charge on any atom is 0.104 e. The molecule has 2 aliphatic heterocycles.